The Morgan fingerprint density at radius 2 is 2.08 bits per heavy atom. The van der Waals surface area contributed by atoms with Crippen molar-refractivity contribution in [2.24, 2.45) is 7.05 Å². The second kappa shape index (κ2) is 7.51. The van der Waals surface area contributed by atoms with E-state index in [4.69, 9.17) is 4.74 Å². The van der Waals surface area contributed by atoms with Crippen LogP contribution in [0.5, 0.6) is 0 Å². The lowest BCUT2D eigenvalue weighted by atomic mass is 9.86. The van der Waals surface area contributed by atoms with Gasteiger partial charge in [-0.2, -0.15) is 5.10 Å². The number of benzene rings is 1. The highest BCUT2D eigenvalue weighted by molar-refractivity contribution is 5.81. The number of hydrogen-bond donors (Lipinski definition) is 0. The molecule has 1 aliphatic heterocycles. The Balaban J connectivity index is 1.77. The highest BCUT2D eigenvalue weighted by Gasteiger charge is 2.29. The lowest BCUT2D eigenvalue weighted by Gasteiger charge is -2.34. The first-order chi connectivity index (χ1) is 12.1. The van der Waals surface area contributed by atoms with Crippen molar-refractivity contribution in [2.45, 2.75) is 32.2 Å². The van der Waals surface area contributed by atoms with E-state index in [0.717, 1.165) is 11.1 Å². The molecule has 1 atom stereocenters. The summed E-state index contributed by atoms with van der Waals surface area (Å²) in [6, 6.07) is 8.20. The highest BCUT2D eigenvalue weighted by atomic mass is 16.5. The Kier molecular flexibility index (Phi) is 5.16. The number of carbonyl (C=O) groups is 2. The number of rotatable bonds is 5. The minimum atomic E-state index is -0.322. The summed E-state index contributed by atoms with van der Waals surface area (Å²) in [5.41, 5.74) is 3.48. The Bertz CT molecular complexity index is 769. The average molecular weight is 341 g/mol. The average Bonchev–Trinajstić information content (AvgIpc) is 3.05. The lowest BCUT2D eigenvalue weighted by molar-refractivity contribution is -0.145. The van der Waals surface area contributed by atoms with Gasteiger partial charge in [-0.05, 0) is 23.6 Å². The highest BCUT2D eigenvalue weighted by Crippen LogP contribution is 2.33. The van der Waals surface area contributed by atoms with E-state index in [9.17, 15) is 9.59 Å². The largest absolute Gasteiger partial charge is 0.466 e. The molecule has 0 aliphatic carbocycles. The summed E-state index contributed by atoms with van der Waals surface area (Å²) in [6.07, 6.45) is 4.16. The lowest BCUT2D eigenvalue weighted by Crippen LogP contribution is -2.38. The number of ether oxygens (including phenoxy) is 1. The summed E-state index contributed by atoms with van der Waals surface area (Å²) in [6.45, 7) is 3.28. The zero-order valence-corrected chi connectivity index (χ0v) is 14.6. The summed E-state index contributed by atoms with van der Waals surface area (Å²) < 4.78 is 6.69. The monoisotopic (exact) mass is 341 g/mol. The van der Waals surface area contributed by atoms with E-state index in [-0.39, 0.29) is 30.6 Å². The SMILES string of the molecule is CCOC(=O)CCC(=O)N1Cc2ccccc2C(c2cnn(C)c2)C1. The van der Waals surface area contributed by atoms with Gasteiger partial charge in [0.1, 0.15) is 0 Å². The van der Waals surface area contributed by atoms with Crippen LogP contribution >= 0.6 is 0 Å². The number of hydrogen-bond acceptors (Lipinski definition) is 4. The van der Waals surface area contributed by atoms with Crippen molar-refractivity contribution in [3.8, 4) is 0 Å². The molecule has 0 spiro atoms. The van der Waals surface area contributed by atoms with E-state index in [1.807, 2.05) is 36.5 Å². The Morgan fingerprint density at radius 3 is 2.80 bits per heavy atom. The number of aryl methyl sites for hydroxylation is 1. The molecule has 6 heteroatoms. The van der Waals surface area contributed by atoms with Gasteiger partial charge in [0.15, 0.2) is 0 Å². The number of amides is 1. The van der Waals surface area contributed by atoms with Gasteiger partial charge in [-0.3, -0.25) is 14.3 Å². The molecule has 2 heterocycles. The van der Waals surface area contributed by atoms with Crippen LogP contribution in [0.15, 0.2) is 36.7 Å². The van der Waals surface area contributed by atoms with Gasteiger partial charge in [0.05, 0.1) is 19.2 Å². The zero-order valence-electron chi connectivity index (χ0n) is 14.6. The van der Waals surface area contributed by atoms with Crippen molar-refractivity contribution in [3.63, 3.8) is 0 Å². The molecule has 1 unspecified atom stereocenters. The molecule has 0 bridgehead atoms. The minimum Gasteiger partial charge on any atom is -0.466 e. The van der Waals surface area contributed by atoms with Gasteiger partial charge in [-0.25, -0.2) is 0 Å². The second-order valence-corrected chi connectivity index (χ2v) is 6.28. The summed E-state index contributed by atoms with van der Waals surface area (Å²) >= 11 is 0. The molecular weight excluding hydrogens is 318 g/mol. The Morgan fingerprint density at radius 1 is 1.28 bits per heavy atom. The molecule has 0 fully saturated rings. The number of nitrogens with zero attached hydrogens (tertiary/aromatic N) is 3. The topological polar surface area (TPSA) is 64.4 Å². The molecule has 0 radical (unpaired) electrons. The minimum absolute atomic E-state index is 0.0172. The third-order valence-electron chi connectivity index (χ3n) is 4.52. The first-order valence-electron chi connectivity index (χ1n) is 8.58. The van der Waals surface area contributed by atoms with E-state index < -0.39 is 0 Å². The van der Waals surface area contributed by atoms with Crippen LogP contribution in [0, 0.1) is 0 Å². The molecule has 3 rings (SSSR count). The number of aromatic nitrogens is 2. The standard InChI is InChI=1S/C19H23N3O3/c1-3-25-19(24)9-8-18(23)22-12-14-6-4-5-7-16(14)17(13-22)15-10-20-21(2)11-15/h4-7,10-11,17H,3,8-9,12-13H2,1-2H3. The van der Waals surface area contributed by atoms with Gasteiger partial charge < -0.3 is 9.64 Å². The van der Waals surface area contributed by atoms with Crippen LogP contribution in [0.2, 0.25) is 0 Å². The number of esters is 1. The predicted molar refractivity (Wildman–Crippen MR) is 92.8 cm³/mol. The molecule has 132 valence electrons. The Hall–Kier alpha value is -2.63. The summed E-state index contributed by atoms with van der Waals surface area (Å²) in [5.74, 6) is -0.237. The van der Waals surface area contributed by atoms with Crippen LogP contribution in [0.3, 0.4) is 0 Å². The van der Waals surface area contributed by atoms with E-state index in [1.165, 1.54) is 5.56 Å². The van der Waals surface area contributed by atoms with E-state index in [1.54, 1.807) is 11.6 Å². The maximum absolute atomic E-state index is 12.6. The van der Waals surface area contributed by atoms with Gasteiger partial charge in [0, 0.05) is 38.7 Å². The van der Waals surface area contributed by atoms with Crippen LogP contribution < -0.4 is 0 Å². The fourth-order valence-corrected chi connectivity index (χ4v) is 3.30. The van der Waals surface area contributed by atoms with Gasteiger partial charge in [-0.1, -0.05) is 24.3 Å². The van der Waals surface area contributed by atoms with Crippen LogP contribution in [-0.4, -0.2) is 39.7 Å². The number of fused-ring (bicyclic) bond motifs is 1. The van der Waals surface area contributed by atoms with Crippen LogP contribution in [0.1, 0.15) is 42.4 Å². The molecule has 0 saturated heterocycles. The third kappa shape index (κ3) is 3.90. The fourth-order valence-electron chi connectivity index (χ4n) is 3.30. The summed E-state index contributed by atoms with van der Waals surface area (Å²) in [4.78, 5) is 25.9. The molecule has 1 aromatic carbocycles. The molecule has 1 aliphatic rings. The number of carbonyl (C=O) groups excluding carboxylic acids is 2. The van der Waals surface area contributed by atoms with Crippen molar-refractivity contribution >= 4 is 11.9 Å². The first-order valence-corrected chi connectivity index (χ1v) is 8.58. The van der Waals surface area contributed by atoms with Gasteiger partial charge in [0.25, 0.3) is 0 Å². The van der Waals surface area contributed by atoms with E-state index >= 15 is 0 Å². The van der Waals surface area contributed by atoms with Gasteiger partial charge in [-0.15, -0.1) is 0 Å². The van der Waals surface area contributed by atoms with E-state index in [0.29, 0.717) is 19.7 Å². The molecule has 6 nitrogen and oxygen atoms in total. The summed E-state index contributed by atoms with van der Waals surface area (Å²) in [5, 5.41) is 4.27. The van der Waals surface area contributed by atoms with Crippen LogP contribution in [0.4, 0.5) is 0 Å². The Labute approximate surface area is 147 Å². The molecular formula is C19H23N3O3. The van der Waals surface area contributed by atoms with Crippen molar-refractivity contribution in [2.75, 3.05) is 13.2 Å². The molecule has 0 N–H and O–H groups in total. The first kappa shape index (κ1) is 17.2. The predicted octanol–water partition coefficient (Wildman–Crippen LogP) is 2.24. The molecule has 1 amide bonds. The fraction of sp³-hybridized carbons (Fsp3) is 0.421. The second-order valence-electron chi connectivity index (χ2n) is 6.28. The van der Waals surface area contributed by atoms with Crippen molar-refractivity contribution < 1.29 is 14.3 Å². The molecule has 2 aromatic rings. The molecule has 25 heavy (non-hydrogen) atoms. The smallest absolute Gasteiger partial charge is 0.306 e. The molecule has 0 saturated carbocycles. The van der Waals surface area contributed by atoms with Crippen LogP contribution in [0.25, 0.3) is 0 Å². The summed E-state index contributed by atoms with van der Waals surface area (Å²) in [7, 11) is 1.89. The van der Waals surface area contributed by atoms with Crippen LogP contribution in [-0.2, 0) is 27.9 Å². The maximum Gasteiger partial charge on any atom is 0.306 e. The zero-order chi connectivity index (χ0) is 17.8. The van der Waals surface area contributed by atoms with Crippen molar-refractivity contribution in [1.82, 2.24) is 14.7 Å². The molecule has 1 aromatic heterocycles. The maximum atomic E-state index is 12.6. The van der Waals surface area contributed by atoms with E-state index in [2.05, 4.69) is 17.2 Å². The van der Waals surface area contributed by atoms with Crippen molar-refractivity contribution in [3.05, 3.63) is 53.3 Å². The quantitative estimate of drug-likeness (QED) is 0.783. The van der Waals surface area contributed by atoms with Crippen molar-refractivity contribution in [1.29, 1.82) is 0 Å². The van der Waals surface area contributed by atoms with Gasteiger partial charge >= 0.3 is 5.97 Å². The third-order valence-corrected chi connectivity index (χ3v) is 4.52. The normalized spacial score (nSPS) is 16.4. The van der Waals surface area contributed by atoms with Gasteiger partial charge in [0.2, 0.25) is 5.91 Å².